The molecule has 2 heterocycles. The molecule has 202 valence electrons. The van der Waals surface area contributed by atoms with Crippen molar-refractivity contribution < 1.29 is 0 Å². The molecule has 0 unspecified atom stereocenters. The van der Waals surface area contributed by atoms with Gasteiger partial charge in [-0.15, -0.1) is 11.3 Å². The molecular formula is C40H24BrNS. The monoisotopic (exact) mass is 629 g/mol. The van der Waals surface area contributed by atoms with Gasteiger partial charge in [-0.25, -0.2) is 0 Å². The number of thiophene rings is 1. The molecule has 0 spiro atoms. The van der Waals surface area contributed by atoms with Gasteiger partial charge < -0.3 is 4.57 Å². The number of hydrogen-bond acceptors (Lipinski definition) is 1. The van der Waals surface area contributed by atoms with E-state index < -0.39 is 0 Å². The lowest BCUT2D eigenvalue weighted by Gasteiger charge is -2.10. The first kappa shape index (κ1) is 24.9. The first-order chi connectivity index (χ1) is 21.2. The summed E-state index contributed by atoms with van der Waals surface area (Å²) in [4.78, 5) is 0. The Balaban J connectivity index is 1.25. The lowest BCUT2D eigenvalue weighted by molar-refractivity contribution is 1.19. The second-order valence-electron chi connectivity index (χ2n) is 11.1. The average Bonchev–Trinajstić information content (AvgIpc) is 3.60. The standard InChI is InChI=1S/C40H24BrNS/c41-30-8-5-7-28(22-30)25-12-14-26(15-13-25)29-16-19-34-33-10-3-4-11-36(33)42(37(34)23-29)31-18-21-38-35(24-31)40-32-9-2-1-6-27(32)17-20-39(40)43-38/h1-24H. The van der Waals surface area contributed by atoms with Gasteiger partial charge in [-0.1, -0.05) is 113 Å². The van der Waals surface area contributed by atoms with Gasteiger partial charge >= 0.3 is 0 Å². The Hall–Kier alpha value is -4.70. The largest absolute Gasteiger partial charge is 0.309 e. The number of para-hydroxylation sites is 1. The molecule has 0 atom stereocenters. The summed E-state index contributed by atoms with van der Waals surface area (Å²) in [6.07, 6.45) is 0. The fourth-order valence-electron chi connectivity index (χ4n) is 6.63. The molecule has 43 heavy (non-hydrogen) atoms. The predicted molar refractivity (Wildman–Crippen MR) is 190 cm³/mol. The minimum atomic E-state index is 1.09. The van der Waals surface area contributed by atoms with E-state index in [0.717, 1.165) is 4.47 Å². The van der Waals surface area contributed by atoms with Gasteiger partial charge in [0.1, 0.15) is 0 Å². The molecule has 0 fully saturated rings. The third-order valence-corrected chi connectivity index (χ3v) is 10.3. The van der Waals surface area contributed by atoms with E-state index in [0.29, 0.717) is 0 Å². The average molecular weight is 631 g/mol. The lowest BCUT2D eigenvalue weighted by atomic mass is 9.99. The molecular weight excluding hydrogens is 606 g/mol. The Bertz CT molecular complexity index is 2520. The summed E-state index contributed by atoms with van der Waals surface area (Å²) >= 11 is 5.48. The van der Waals surface area contributed by atoms with Crippen LogP contribution in [-0.4, -0.2) is 4.57 Å². The predicted octanol–water partition coefficient (Wildman–Crippen LogP) is 12.4. The molecule has 0 aliphatic heterocycles. The molecule has 0 aliphatic rings. The fourth-order valence-corrected chi connectivity index (χ4v) is 8.13. The van der Waals surface area contributed by atoms with Crippen molar-refractivity contribution in [2.24, 2.45) is 0 Å². The Morgan fingerprint density at radius 2 is 1.14 bits per heavy atom. The molecule has 0 saturated heterocycles. The van der Waals surface area contributed by atoms with E-state index in [1.54, 1.807) is 0 Å². The molecule has 3 heteroatoms. The van der Waals surface area contributed by atoms with E-state index in [9.17, 15) is 0 Å². The molecule has 7 aromatic carbocycles. The highest BCUT2D eigenvalue weighted by Crippen LogP contribution is 2.41. The zero-order chi connectivity index (χ0) is 28.5. The van der Waals surface area contributed by atoms with Crippen LogP contribution >= 0.6 is 27.3 Å². The normalized spacial score (nSPS) is 11.8. The number of nitrogens with zero attached hydrogens (tertiary/aromatic N) is 1. The summed E-state index contributed by atoms with van der Waals surface area (Å²) in [5.41, 5.74) is 8.48. The molecule has 0 amide bonds. The summed E-state index contributed by atoms with van der Waals surface area (Å²) in [5, 5.41) is 7.82. The van der Waals surface area contributed by atoms with Gasteiger partial charge in [0, 0.05) is 41.1 Å². The Labute approximate surface area is 261 Å². The van der Waals surface area contributed by atoms with E-state index in [-0.39, 0.29) is 0 Å². The van der Waals surface area contributed by atoms with Gasteiger partial charge in [-0.2, -0.15) is 0 Å². The van der Waals surface area contributed by atoms with E-state index in [1.165, 1.54) is 80.7 Å². The maximum atomic E-state index is 3.61. The van der Waals surface area contributed by atoms with Gasteiger partial charge in [0.05, 0.1) is 11.0 Å². The second kappa shape index (κ2) is 9.67. The maximum absolute atomic E-state index is 3.61. The number of hydrogen-bond donors (Lipinski definition) is 0. The zero-order valence-electron chi connectivity index (χ0n) is 23.1. The van der Waals surface area contributed by atoms with Crippen molar-refractivity contribution in [2.45, 2.75) is 0 Å². The van der Waals surface area contributed by atoms with Crippen LogP contribution in [0.15, 0.2) is 150 Å². The van der Waals surface area contributed by atoms with Crippen molar-refractivity contribution >= 4 is 80.0 Å². The number of rotatable bonds is 3. The number of fused-ring (bicyclic) bond motifs is 8. The van der Waals surface area contributed by atoms with Crippen molar-refractivity contribution in [3.05, 3.63) is 150 Å². The number of halogens is 1. The number of benzene rings is 7. The topological polar surface area (TPSA) is 4.93 Å². The maximum Gasteiger partial charge on any atom is 0.0547 e. The van der Waals surface area contributed by atoms with Gasteiger partial charge in [0.2, 0.25) is 0 Å². The van der Waals surface area contributed by atoms with Crippen LogP contribution in [0.3, 0.4) is 0 Å². The lowest BCUT2D eigenvalue weighted by Crippen LogP contribution is -1.93. The van der Waals surface area contributed by atoms with Crippen LogP contribution < -0.4 is 0 Å². The molecule has 0 saturated carbocycles. The Morgan fingerprint density at radius 3 is 1.98 bits per heavy atom. The molecule has 9 rings (SSSR count). The summed E-state index contributed by atoms with van der Waals surface area (Å²) < 4.78 is 6.19. The van der Waals surface area contributed by atoms with Crippen molar-refractivity contribution in [1.82, 2.24) is 4.57 Å². The SMILES string of the molecule is Brc1cccc(-c2ccc(-c3ccc4c5ccccc5n(-c5ccc6sc7ccc8ccccc8c7c6c5)c4c3)cc2)c1. The number of aromatic nitrogens is 1. The fraction of sp³-hybridized carbons (Fsp3) is 0. The molecule has 1 nitrogen and oxygen atoms in total. The van der Waals surface area contributed by atoms with Crippen molar-refractivity contribution in [1.29, 1.82) is 0 Å². The third-order valence-electron chi connectivity index (χ3n) is 8.65. The van der Waals surface area contributed by atoms with Crippen LogP contribution in [0.4, 0.5) is 0 Å². The van der Waals surface area contributed by atoms with E-state index in [4.69, 9.17) is 0 Å². The highest BCUT2D eigenvalue weighted by molar-refractivity contribution is 9.10. The summed E-state index contributed by atoms with van der Waals surface area (Å²) in [6.45, 7) is 0. The third kappa shape index (κ3) is 3.96. The van der Waals surface area contributed by atoms with Crippen LogP contribution in [0, 0.1) is 0 Å². The van der Waals surface area contributed by atoms with Crippen molar-refractivity contribution in [2.75, 3.05) is 0 Å². The smallest absolute Gasteiger partial charge is 0.0547 e. The van der Waals surface area contributed by atoms with E-state index in [2.05, 4.69) is 166 Å². The van der Waals surface area contributed by atoms with Crippen LogP contribution in [0.25, 0.3) is 80.7 Å². The molecule has 0 aliphatic carbocycles. The van der Waals surface area contributed by atoms with Crippen LogP contribution in [0.5, 0.6) is 0 Å². The molecule has 9 aromatic rings. The first-order valence-corrected chi connectivity index (χ1v) is 16.1. The van der Waals surface area contributed by atoms with E-state index in [1.807, 2.05) is 11.3 Å². The second-order valence-corrected chi connectivity index (χ2v) is 13.1. The molecule has 0 radical (unpaired) electrons. The minimum Gasteiger partial charge on any atom is -0.309 e. The Kier molecular flexibility index (Phi) is 5.59. The van der Waals surface area contributed by atoms with E-state index >= 15 is 0 Å². The van der Waals surface area contributed by atoms with Gasteiger partial charge in [-0.05, 0) is 81.6 Å². The summed E-state index contributed by atoms with van der Waals surface area (Å²) in [6, 6.07) is 53.3. The quantitative estimate of drug-likeness (QED) is 0.183. The Morgan fingerprint density at radius 1 is 0.442 bits per heavy atom. The van der Waals surface area contributed by atoms with Crippen molar-refractivity contribution in [3.63, 3.8) is 0 Å². The first-order valence-electron chi connectivity index (χ1n) is 14.5. The molecule has 2 aromatic heterocycles. The summed E-state index contributed by atoms with van der Waals surface area (Å²) in [7, 11) is 0. The summed E-state index contributed by atoms with van der Waals surface area (Å²) in [5.74, 6) is 0. The highest BCUT2D eigenvalue weighted by atomic mass is 79.9. The minimum absolute atomic E-state index is 1.09. The molecule has 0 bridgehead atoms. The highest BCUT2D eigenvalue weighted by Gasteiger charge is 2.16. The zero-order valence-corrected chi connectivity index (χ0v) is 25.5. The molecule has 0 N–H and O–H groups in total. The van der Waals surface area contributed by atoms with Crippen LogP contribution in [0.2, 0.25) is 0 Å². The van der Waals surface area contributed by atoms with Crippen LogP contribution in [-0.2, 0) is 0 Å². The van der Waals surface area contributed by atoms with Gasteiger partial charge in [-0.3, -0.25) is 0 Å². The van der Waals surface area contributed by atoms with Crippen LogP contribution in [0.1, 0.15) is 0 Å². The van der Waals surface area contributed by atoms with Crippen molar-refractivity contribution in [3.8, 4) is 27.9 Å². The van der Waals surface area contributed by atoms with Gasteiger partial charge in [0.15, 0.2) is 0 Å². The van der Waals surface area contributed by atoms with Gasteiger partial charge in [0.25, 0.3) is 0 Å².